The van der Waals surface area contributed by atoms with Gasteiger partial charge >= 0.3 is 12.1 Å². The molecule has 1 heterocycles. The standard InChI is InChI=1S/C17H17F3N4O4S3/c1-29-9-28-14(25)8-22-12(7-13(21)17(18,19)20)15-23-16(30-24-15)10-4-3-5-11(6-10)31(2,26)27/h3-7H,8-9,21H2,1-2H3. The van der Waals surface area contributed by atoms with E-state index in [4.69, 9.17) is 10.5 Å². The number of benzene rings is 1. The number of sulfone groups is 1. The molecule has 0 aliphatic carbocycles. The van der Waals surface area contributed by atoms with Crippen molar-refractivity contribution in [2.45, 2.75) is 11.1 Å². The van der Waals surface area contributed by atoms with Crippen LogP contribution in [0.4, 0.5) is 13.2 Å². The van der Waals surface area contributed by atoms with Crippen molar-refractivity contribution in [1.82, 2.24) is 9.36 Å². The highest BCUT2D eigenvalue weighted by Crippen LogP contribution is 2.26. The molecule has 0 aliphatic heterocycles. The van der Waals surface area contributed by atoms with Crippen LogP contribution >= 0.6 is 23.3 Å². The number of aromatic nitrogens is 2. The summed E-state index contributed by atoms with van der Waals surface area (Å²) >= 11 is 2.07. The Morgan fingerprint density at radius 2 is 2.10 bits per heavy atom. The molecule has 1 aromatic carbocycles. The average Bonchev–Trinajstić information content (AvgIpc) is 3.18. The number of halogens is 3. The molecule has 0 fully saturated rings. The number of allylic oxidation sites excluding steroid dienone is 2. The number of hydrogen-bond acceptors (Lipinski definition) is 10. The van der Waals surface area contributed by atoms with E-state index < -0.39 is 34.2 Å². The van der Waals surface area contributed by atoms with Crippen LogP contribution in [0.1, 0.15) is 5.82 Å². The van der Waals surface area contributed by atoms with Gasteiger partial charge in [-0.1, -0.05) is 12.1 Å². The van der Waals surface area contributed by atoms with Crippen LogP contribution in [0.25, 0.3) is 10.6 Å². The monoisotopic (exact) mass is 494 g/mol. The molecule has 0 radical (unpaired) electrons. The van der Waals surface area contributed by atoms with E-state index in [1.54, 1.807) is 12.3 Å². The van der Waals surface area contributed by atoms with E-state index in [-0.39, 0.29) is 27.4 Å². The summed E-state index contributed by atoms with van der Waals surface area (Å²) in [5, 5.41) is 0.247. The number of hydrogen-bond donors (Lipinski definition) is 1. The molecule has 0 saturated heterocycles. The number of alkyl halides is 3. The van der Waals surface area contributed by atoms with Crippen molar-refractivity contribution in [3.8, 4) is 10.6 Å². The average molecular weight is 495 g/mol. The second-order valence-electron chi connectivity index (χ2n) is 5.94. The highest BCUT2D eigenvalue weighted by Gasteiger charge is 2.32. The third-order valence-electron chi connectivity index (χ3n) is 3.50. The summed E-state index contributed by atoms with van der Waals surface area (Å²) in [6.45, 7) is -0.560. The van der Waals surface area contributed by atoms with E-state index in [1.165, 1.54) is 30.0 Å². The van der Waals surface area contributed by atoms with Crippen LogP contribution in [0.5, 0.6) is 0 Å². The molecule has 2 N–H and O–H groups in total. The molecule has 2 aromatic rings. The summed E-state index contributed by atoms with van der Waals surface area (Å²) in [6.07, 6.45) is -1.54. The summed E-state index contributed by atoms with van der Waals surface area (Å²) in [4.78, 5) is 19.7. The minimum atomic E-state index is -4.82. The second-order valence-corrected chi connectivity index (χ2v) is 9.53. The van der Waals surface area contributed by atoms with Gasteiger partial charge in [-0.2, -0.15) is 17.5 Å². The zero-order valence-electron chi connectivity index (χ0n) is 16.2. The first kappa shape index (κ1) is 24.8. The molecule has 8 nitrogen and oxygen atoms in total. The molecule has 0 atom stereocenters. The molecule has 0 spiro atoms. The summed E-state index contributed by atoms with van der Waals surface area (Å²) in [5.41, 5.74) is 3.67. The maximum atomic E-state index is 12.9. The van der Waals surface area contributed by atoms with Gasteiger partial charge in [-0.05, 0) is 36.0 Å². The normalized spacial score (nSPS) is 13.3. The Labute approximate surface area is 184 Å². The Hall–Kier alpha value is -2.45. The molecule has 14 heteroatoms. The van der Waals surface area contributed by atoms with Gasteiger partial charge in [-0.3, -0.25) is 9.79 Å². The SMILES string of the molecule is CSCOC(=O)CN=C(C=C(N)C(F)(F)F)c1nsc(-c2cccc(S(C)(=O)=O)c2)n1. The maximum absolute atomic E-state index is 12.9. The number of ether oxygens (including phenoxy) is 1. The predicted molar refractivity (Wildman–Crippen MR) is 113 cm³/mol. The smallest absolute Gasteiger partial charge is 0.430 e. The second kappa shape index (κ2) is 10.2. The lowest BCUT2D eigenvalue weighted by Gasteiger charge is -2.06. The first-order valence-corrected chi connectivity index (χ1v) is 12.4. The van der Waals surface area contributed by atoms with Gasteiger partial charge in [0.05, 0.1) is 4.90 Å². The number of carbonyl (C=O) groups excluding carboxylic acids is 1. The molecule has 31 heavy (non-hydrogen) atoms. The fraction of sp³-hybridized carbons (Fsp3) is 0.294. The highest BCUT2D eigenvalue weighted by atomic mass is 32.2. The Morgan fingerprint density at radius 3 is 2.71 bits per heavy atom. The van der Waals surface area contributed by atoms with Gasteiger partial charge in [0.25, 0.3) is 0 Å². The minimum Gasteiger partial charge on any atom is -0.453 e. The Balaban J connectivity index is 2.42. The van der Waals surface area contributed by atoms with Crippen LogP contribution in [-0.2, 0) is 19.4 Å². The minimum absolute atomic E-state index is 0.0494. The molecule has 0 saturated carbocycles. The first-order chi connectivity index (χ1) is 14.4. The van der Waals surface area contributed by atoms with E-state index in [0.717, 1.165) is 17.8 Å². The molecule has 0 aliphatic rings. The Kier molecular flexibility index (Phi) is 8.20. The number of esters is 1. The van der Waals surface area contributed by atoms with E-state index >= 15 is 0 Å². The van der Waals surface area contributed by atoms with Gasteiger partial charge < -0.3 is 10.5 Å². The van der Waals surface area contributed by atoms with Gasteiger partial charge in [0.1, 0.15) is 28.9 Å². The van der Waals surface area contributed by atoms with Crippen molar-refractivity contribution >= 4 is 44.8 Å². The zero-order valence-corrected chi connectivity index (χ0v) is 18.7. The summed E-state index contributed by atoms with van der Waals surface area (Å²) in [6, 6.07) is 5.86. The fourth-order valence-electron chi connectivity index (χ4n) is 2.03. The van der Waals surface area contributed by atoms with Crippen molar-refractivity contribution in [3.63, 3.8) is 0 Å². The Bertz CT molecular complexity index is 1110. The predicted octanol–water partition coefficient (Wildman–Crippen LogP) is 2.67. The summed E-state index contributed by atoms with van der Waals surface area (Å²) in [7, 11) is -3.47. The van der Waals surface area contributed by atoms with Crippen molar-refractivity contribution in [2.24, 2.45) is 10.7 Å². The van der Waals surface area contributed by atoms with Gasteiger partial charge in [-0.15, -0.1) is 11.8 Å². The van der Waals surface area contributed by atoms with Crippen LogP contribution in [0.3, 0.4) is 0 Å². The van der Waals surface area contributed by atoms with E-state index in [0.29, 0.717) is 11.6 Å². The molecule has 1 aromatic heterocycles. The van der Waals surface area contributed by atoms with Crippen molar-refractivity contribution in [2.75, 3.05) is 25.0 Å². The van der Waals surface area contributed by atoms with Gasteiger partial charge in [0.15, 0.2) is 15.7 Å². The number of thioether (sulfide) groups is 1. The molecule has 0 bridgehead atoms. The lowest BCUT2D eigenvalue weighted by atomic mass is 10.2. The number of aliphatic imine (C=N–C) groups is 1. The van der Waals surface area contributed by atoms with Crippen molar-refractivity contribution < 1.29 is 31.1 Å². The number of carbonyl (C=O) groups is 1. The highest BCUT2D eigenvalue weighted by molar-refractivity contribution is 7.98. The molecule has 168 valence electrons. The third-order valence-corrected chi connectivity index (χ3v) is 5.73. The largest absolute Gasteiger partial charge is 0.453 e. The fourth-order valence-corrected chi connectivity index (χ4v) is 3.62. The quantitative estimate of drug-likeness (QED) is 0.337. The zero-order chi connectivity index (χ0) is 23.2. The van der Waals surface area contributed by atoms with Gasteiger partial charge in [0.2, 0.25) is 0 Å². The molecular formula is C17H17F3N4O4S3. The van der Waals surface area contributed by atoms with Crippen LogP contribution in [-0.4, -0.2) is 60.6 Å². The lowest BCUT2D eigenvalue weighted by Crippen LogP contribution is -2.21. The van der Waals surface area contributed by atoms with E-state index in [1.807, 2.05) is 0 Å². The molecule has 0 amide bonds. The lowest BCUT2D eigenvalue weighted by molar-refractivity contribution is -0.139. The van der Waals surface area contributed by atoms with Crippen LogP contribution < -0.4 is 5.73 Å². The van der Waals surface area contributed by atoms with Gasteiger partial charge in [0, 0.05) is 11.8 Å². The number of rotatable bonds is 8. The number of nitrogens with two attached hydrogens (primary N) is 1. The summed E-state index contributed by atoms with van der Waals surface area (Å²) in [5.74, 6) is -0.878. The topological polar surface area (TPSA) is 125 Å². The van der Waals surface area contributed by atoms with Crippen LogP contribution in [0.15, 0.2) is 45.9 Å². The molecular weight excluding hydrogens is 477 g/mol. The van der Waals surface area contributed by atoms with Crippen molar-refractivity contribution in [1.29, 1.82) is 0 Å². The first-order valence-electron chi connectivity index (χ1n) is 8.29. The van der Waals surface area contributed by atoms with Crippen molar-refractivity contribution in [3.05, 3.63) is 41.9 Å². The molecule has 0 unspecified atom stereocenters. The molecule has 2 rings (SSSR count). The summed E-state index contributed by atoms with van der Waals surface area (Å²) < 4.78 is 70.9. The number of nitrogens with zero attached hydrogens (tertiary/aromatic N) is 3. The van der Waals surface area contributed by atoms with E-state index in [2.05, 4.69) is 14.3 Å². The van der Waals surface area contributed by atoms with Crippen LogP contribution in [0.2, 0.25) is 0 Å². The third kappa shape index (κ3) is 7.33. The van der Waals surface area contributed by atoms with Crippen LogP contribution in [0, 0.1) is 0 Å². The van der Waals surface area contributed by atoms with Gasteiger partial charge in [-0.25, -0.2) is 13.4 Å². The Morgan fingerprint density at radius 1 is 1.39 bits per heavy atom. The maximum Gasteiger partial charge on any atom is 0.430 e. The van der Waals surface area contributed by atoms with E-state index in [9.17, 15) is 26.4 Å².